The highest BCUT2D eigenvalue weighted by molar-refractivity contribution is 7.13. The van der Waals surface area contributed by atoms with E-state index in [-0.39, 0.29) is 18.0 Å². The molecule has 0 spiro atoms. The van der Waals surface area contributed by atoms with E-state index in [9.17, 15) is 9.90 Å². The van der Waals surface area contributed by atoms with Crippen LogP contribution in [0.25, 0.3) is 10.4 Å². The lowest BCUT2D eigenvalue weighted by molar-refractivity contribution is -0.125. The number of hydrogen-bond acceptors (Lipinski definition) is 5. The van der Waals surface area contributed by atoms with Crippen molar-refractivity contribution < 1.29 is 9.90 Å². The summed E-state index contributed by atoms with van der Waals surface area (Å²) in [5.41, 5.74) is 5.11. The summed E-state index contributed by atoms with van der Waals surface area (Å²) in [7, 11) is 1.87. The fraction of sp³-hybridized carbons (Fsp3) is 0.444. The number of aliphatic hydroxyl groups excluding tert-OH is 1. The molecule has 5 nitrogen and oxygen atoms in total. The Morgan fingerprint density at radius 3 is 2.67 bits per heavy atom. The highest BCUT2D eigenvalue weighted by atomic mass is 32.1. The molecule has 1 aromatic heterocycles. The predicted octanol–water partition coefficient (Wildman–Crippen LogP) is 2.36. The summed E-state index contributed by atoms with van der Waals surface area (Å²) in [5, 5.41) is 12.7. The molecule has 2 aromatic rings. The maximum Gasteiger partial charge on any atom is 0.237 e. The second-order valence-corrected chi connectivity index (χ2v) is 7.32. The Hall–Kier alpha value is -1.76. The number of hydrogen-bond donors (Lipinski definition) is 2. The van der Waals surface area contributed by atoms with Crippen molar-refractivity contribution in [1.82, 2.24) is 15.2 Å². The van der Waals surface area contributed by atoms with E-state index in [0.29, 0.717) is 13.0 Å². The highest BCUT2D eigenvalue weighted by Gasteiger charge is 2.33. The molecule has 1 fully saturated rings. The number of carbonyl (C=O) groups is 1. The van der Waals surface area contributed by atoms with Gasteiger partial charge in [-0.25, -0.2) is 4.98 Å². The Morgan fingerprint density at radius 2 is 2.12 bits per heavy atom. The van der Waals surface area contributed by atoms with Crippen LogP contribution in [-0.4, -0.2) is 46.6 Å². The molecule has 2 N–H and O–H groups in total. The van der Waals surface area contributed by atoms with E-state index in [0.717, 1.165) is 16.8 Å². The monoisotopic (exact) mass is 345 g/mol. The van der Waals surface area contributed by atoms with Gasteiger partial charge >= 0.3 is 0 Å². The minimum absolute atomic E-state index is 0.0241. The summed E-state index contributed by atoms with van der Waals surface area (Å²) in [4.78, 5) is 19.8. The van der Waals surface area contributed by atoms with Gasteiger partial charge in [0.25, 0.3) is 0 Å². The van der Waals surface area contributed by atoms with Crippen LogP contribution >= 0.6 is 11.3 Å². The van der Waals surface area contributed by atoms with Crippen LogP contribution in [0.2, 0.25) is 0 Å². The van der Waals surface area contributed by atoms with Crippen molar-refractivity contribution in [2.75, 3.05) is 13.6 Å². The maximum atomic E-state index is 12.4. The Balaban J connectivity index is 1.66. The number of likely N-dealkylation sites (N-methyl/N-ethyl adjacent to an activating group) is 1. The molecule has 2 unspecified atom stereocenters. The van der Waals surface area contributed by atoms with E-state index in [4.69, 9.17) is 0 Å². The van der Waals surface area contributed by atoms with Crippen molar-refractivity contribution in [3.8, 4) is 10.4 Å². The number of benzene rings is 1. The van der Waals surface area contributed by atoms with Gasteiger partial charge in [-0.05, 0) is 38.4 Å². The lowest BCUT2D eigenvalue weighted by Crippen LogP contribution is -2.42. The van der Waals surface area contributed by atoms with Crippen molar-refractivity contribution >= 4 is 17.2 Å². The predicted molar refractivity (Wildman–Crippen MR) is 95.9 cm³/mol. The summed E-state index contributed by atoms with van der Waals surface area (Å²) < 4.78 is 0. The number of rotatable bonds is 4. The standard InChI is InChI=1S/C18H23N3O2S/c1-11(20-18(23)16-8-15(22)9-21(16)3)13-4-6-14(7-5-13)17-12(2)19-10-24-17/h4-7,10-11,15-16,22H,8-9H2,1-3H3,(H,20,23)/t11?,15-,16?/m1/s1. The van der Waals surface area contributed by atoms with Crippen molar-refractivity contribution in [3.05, 3.63) is 41.0 Å². The number of aromatic nitrogens is 1. The zero-order valence-electron chi connectivity index (χ0n) is 14.2. The maximum absolute atomic E-state index is 12.4. The number of amides is 1. The molecule has 0 aliphatic carbocycles. The van der Waals surface area contributed by atoms with E-state index in [2.05, 4.69) is 22.4 Å². The number of carbonyl (C=O) groups excluding carboxylic acids is 1. The van der Waals surface area contributed by atoms with Gasteiger partial charge in [0.15, 0.2) is 0 Å². The lowest BCUT2D eigenvalue weighted by Gasteiger charge is -2.21. The van der Waals surface area contributed by atoms with Crippen LogP contribution in [0.1, 0.15) is 30.6 Å². The molecule has 24 heavy (non-hydrogen) atoms. The van der Waals surface area contributed by atoms with E-state index in [1.165, 1.54) is 4.88 Å². The molecule has 0 saturated carbocycles. The first-order chi connectivity index (χ1) is 11.5. The van der Waals surface area contributed by atoms with Gasteiger partial charge in [0.05, 0.1) is 34.3 Å². The number of aliphatic hydroxyl groups is 1. The van der Waals surface area contributed by atoms with E-state index >= 15 is 0 Å². The average molecular weight is 345 g/mol. The number of β-amino-alcohol motifs (C(OH)–C–C–N with tert-alkyl or cyclic N) is 1. The first kappa shape index (κ1) is 17.1. The molecule has 1 saturated heterocycles. The van der Waals surface area contributed by atoms with Crippen molar-refractivity contribution in [2.45, 2.75) is 38.5 Å². The van der Waals surface area contributed by atoms with Crippen LogP contribution < -0.4 is 5.32 Å². The minimum Gasteiger partial charge on any atom is -0.392 e. The first-order valence-corrected chi connectivity index (χ1v) is 9.02. The molecule has 0 bridgehead atoms. The van der Waals surface area contributed by atoms with Crippen LogP contribution in [0, 0.1) is 6.92 Å². The summed E-state index contributed by atoms with van der Waals surface area (Å²) in [6.45, 7) is 4.54. The van der Waals surface area contributed by atoms with Gasteiger partial charge in [0.2, 0.25) is 5.91 Å². The van der Waals surface area contributed by atoms with Gasteiger partial charge in [-0.1, -0.05) is 24.3 Å². The van der Waals surface area contributed by atoms with Crippen molar-refractivity contribution in [1.29, 1.82) is 0 Å². The quantitative estimate of drug-likeness (QED) is 0.893. The van der Waals surface area contributed by atoms with Crippen LogP contribution in [0.3, 0.4) is 0 Å². The van der Waals surface area contributed by atoms with Crippen molar-refractivity contribution in [2.24, 2.45) is 0 Å². The number of nitrogens with zero attached hydrogens (tertiary/aromatic N) is 2. The molecular weight excluding hydrogens is 322 g/mol. The second-order valence-electron chi connectivity index (χ2n) is 6.46. The Kier molecular flexibility index (Phi) is 4.99. The van der Waals surface area contributed by atoms with Crippen molar-refractivity contribution in [3.63, 3.8) is 0 Å². The molecule has 1 aliphatic heterocycles. The number of aryl methyl sites for hydroxylation is 1. The highest BCUT2D eigenvalue weighted by Crippen LogP contribution is 2.28. The van der Waals surface area contributed by atoms with Crippen LogP contribution in [0.5, 0.6) is 0 Å². The van der Waals surface area contributed by atoms with Gasteiger partial charge in [-0.2, -0.15) is 0 Å². The van der Waals surface area contributed by atoms with E-state index in [1.807, 2.05) is 43.4 Å². The van der Waals surface area contributed by atoms with E-state index in [1.54, 1.807) is 11.3 Å². The molecule has 3 rings (SSSR count). The smallest absolute Gasteiger partial charge is 0.237 e. The normalized spacial score (nSPS) is 22.5. The number of likely N-dealkylation sites (tertiary alicyclic amines) is 1. The van der Waals surface area contributed by atoms with Gasteiger partial charge in [0, 0.05) is 6.54 Å². The zero-order chi connectivity index (χ0) is 17.3. The molecule has 3 atom stereocenters. The number of nitrogens with one attached hydrogen (secondary N) is 1. The molecule has 2 heterocycles. The Bertz CT molecular complexity index is 713. The lowest BCUT2D eigenvalue weighted by atomic mass is 10.0. The van der Waals surface area contributed by atoms with Gasteiger partial charge in [-0.3, -0.25) is 9.69 Å². The zero-order valence-corrected chi connectivity index (χ0v) is 15.0. The average Bonchev–Trinajstić information content (AvgIpc) is 3.12. The Labute approximate surface area is 146 Å². The van der Waals surface area contributed by atoms with Gasteiger partial charge in [0.1, 0.15) is 0 Å². The molecule has 128 valence electrons. The van der Waals surface area contributed by atoms with Crippen LogP contribution in [0.4, 0.5) is 0 Å². The summed E-state index contributed by atoms with van der Waals surface area (Å²) in [5.74, 6) is -0.0241. The van der Waals surface area contributed by atoms with E-state index < -0.39 is 6.10 Å². The summed E-state index contributed by atoms with van der Waals surface area (Å²) >= 11 is 1.63. The van der Waals surface area contributed by atoms with Gasteiger partial charge in [-0.15, -0.1) is 11.3 Å². The molecule has 1 aliphatic rings. The number of thiazole rings is 1. The summed E-state index contributed by atoms with van der Waals surface area (Å²) in [6.07, 6.45) is 0.0848. The second kappa shape index (κ2) is 7.01. The van der Waals surface area contributed by atoms with Crippen LogP contribution in [-0.2, 0) is 4.79 Å². The van der Waals surface area contributed by atoms with Gasteiger partial charge < -0.3 is 10.4 Å². The topological polar surface area (TPSA) is 65.5 Å². The fourth-order valence-electron chi connectivity index (χ4n) is 3.17. The molecule has 1 amide bonds. The molecular formula is C18H23N3O2S. The third-order valence-corrected chi connectivity index (χ3v) is 5.58. The third-order valence-electron chi connectivity index (χ3n) is 4.61. The molecule has 0 radical (unpaired) electrons. The third kappa shape index (κ3) is 3.50. The Morgan fingerprint density at radius 1 is 1.42 bits per heavy atom. The largest absolute Gasteiger partial charge is 0.392 e. The summed E-state index contributed by atoms with van der Waals surface area (Å²) in [6, 6.07) is 7.93. The minimum atomic E-state index is -0.414. The SMILES string of the molecule is Cc1ncsc1-c1ccc(C(C)NC(=O)C2C[C@@H](O)CN2C)cc1. The fourth-order valence-corrected chi connectivity index (χ4v) is 3.99. The first-order valence-electron chi connectivity index (χ1n) is 8.15. The molecule has 1 aromatic carbocycles. The van der Waals surface area contributed by atoms with Crippen LogP contribution in [0.15, 0.2) is 29.8 Å². The molecule has 6 heteroatoms.